The summed E-state index contributed by atoms with van der Waals surface area (Å²) < 4.78 is 6.71. The highest BCUT2D eigenvalue weighted by Gasteiger charge is 2.21. The molecular formula is C21H23BrN2O2S. The molecule has 2 aromatic rings. The lowest BCUT2D eigenvalue weighted by Crippen LogP contribution is -2.13. The second-order valence-corrected chi connectivity index (χ2v) is 8.60. The van der Waals surface area contributed by atoms with E-state index in [-0.39, 0.29) is 5.91 Å². The Morgan fingerprint density at radius 2 is 2.19 bits per heavy atom. The number of halogens is 1. The number of aryl methyl sites for hydroxylation is 2. The average Bonchev–Trinajstić information content (AvgIpc) is 3.02. The zero-order chi connectivity index (χ0) is 19.2. The summed E-state index contributed by atoms with van der Waals surface area (Å²) >= 11 is 5.09. The van der Waals surface area contributed by atoms with Gasteiger partial charge < -0.3 is 10.1 Å². The number of carbonyl (C=O) groups excluding carboxylic acids is 1. The SMILES string of the molecule is CCc1ccc(OCCCC(=O)Nc2sc3c(c2C#N)CCCC3)c(Br)c1. The predicted molar refractivity (Wildman–Crippen MR) is 113 cm³/mol. The number of ether oxygens (including phenoxy) is 1. The van der Waals surface area contributed by atoms with Crippen LogP contribution < -0.4 is 10.1 Å². The van der Waals surface area contributed by atoms with Crippen molar-refractivity contribution < 1.29 is 9.53 Å². The number of nitriles is 1. The Morgan fingerprint density at radius 3 is 2.93 bits per heavy atom. The van der Waals surface area contributed by atoms with Gasteiger partial charge in [-0.3, -0.25) is 4.79 Å². The van der Waals surface area contributed by atoms with Gasteiger partial charge in [-0.1, -0.05) is 13.0 Å². The van der Waals surface area contributed by atoms with Crippen LogP contribution in [0, 0.1) is 11.3 Å². The zero-order valence-electron chi connectivity index (χ0n) is 15.4. The molecule has 1 aromatic carbocycles. The van der Waals surface area contributed by atoms with Crippen LogP contribution in [0.15, 0.2) is 22.7 Å². The van der Waals surface area contributed by atoms with E-state index in [1.165, 1.54) is 10.4 Å². The fourth-order valence-corrected chi connectivity index (χ4v) is 5.05. The number of nitrogens with one attached hydrogen (secondary N) is 1. The normalized spacial score (nSPS) is 12.9. The largest absolute Gasteiger partial charge is 0.492 e. The zero-order valence-corrected chi connectivity index (χ0v) is 17.8. The molecular weight excluding hydrogens is 424 g/mol. The Kier molecular flexibility index (Phi) is 6.92. The number of fused-ring (bicyclic) bond motifs is 1. The van der Waals surface area contributed by atoms with E-state index in [2.05, 4.69) is 46.4 Å². The standard InChI is InChI=1S/C21H23BrN2O2S/c1-2-14-9-10-18(17(22)12-14)26-11-5-8-20(25)24-21-16(13-23)15-6-3-4-7-19(15)27-21/h9-10,12H,2-8,11H2,1H3,(H,24,25). The number of amides is 1. The minimum Gasteiger partial charge on any atom is -0.492 e. The third kappa shape index (κ3) is 4.91. The maximum absolute atomic E-state index is 12.3. The van der Waals surface area contributed by atoms with Gasteiger partial charge in [0.2, 0.25) is 5.91 Å². The van der Waals surface area contributed by atoms with E-state index in [1.54, 1.807) is 11.3 Å². The molecule has 27 heavy (non-hydrogen) atoms. The van der Waals surface area contributed by atoms with Crippen LogP contribution >= 0.6 is 27.3 Å². The van der Waals surface area contributed by atoms with E-state index in [0.717, 1.165) is 47.9 Å². The minimum atomic E-state index is -0.0610. The van der Waals surface area contributed by atoms with Crippen LogP contribution in [0.4, 0.5) is 5.00 Å². The van der Waals surface area contributed by atoms with E-state index in [4.69, 9.17) is 4.74 Å². The van der Waals surface area contributed by atoms with Crippen molar-refractivity contribution in [1.82, 2.24) is 0 Å². The van der Waals surface area contributed by atoms with E-state index in [1.807, 2.05) is 6.07 Å². The number of thiophene rings is 1. The predicted octanol–water partition coefficient (Wildman–Crippen LogP) is 5.62. The smallest absolute Gasteiger partial charge is 0.225 e. The maximum atomic E-state index is 12.3. The van der Waals surface area contributed by atoms with E-state index in [0.29, 0.717) is 30.0 Å². The molecule has 1 aliphatic carbocycles. The van der Waals surface area contributed by atoms with Gasteiger partial charge in [0.1, 0.15) is 16.8 Å². The van der Waals surface area contributed by atoms with Crippen LogP contribution in [0.3, 0.4) is 0 Å². The first-order valence-electron chi connectivity index (χ1n) is 9.38. The van der Waals surface area contributed by atoms with Crippen LogP contribution in [0.2, 0.25) is 0 Å². The van der Waals surface area contributed by atoms with E-state index in [9.17, 15) is 10.1 Å². The summed E-state index contributed by atoms with van der Waals surface area (Å²) in [4.78, 5) is 13.5. The molecule has 1 aromatic heterocycles. The molecule has 4 nitrogen and oxygen atoms in total. The highest BCUT2D eigenvalue weighted by atomic mass is 79.9. The molecule has 1 amide bonds. The monoisotopic (exact) mass is 446 g/mol. The topological polar surface area (TPSA) is 62.1 Å². The second-order valence-electron chi connectivity index (χ2n) is 6.65. The second kappa shape index (κ2) is 9.38. The molecule has 142 valence electrons. The molecule has 0 radical (unpaired) electrons. The summed E-state index contributed by atoms with van der Waals surface area (Å²) in [6.45, 7) is 2.59. The van der Waals surface area contributed by atoms with Gasteiger partial charge in [-0.15, -0.1) is 11.3 Å². The number of rotatable bonds is 7. The molecule has 3 rings (SSSR count). The number of hydrogen-bond acceptors (Lipinski definition) is 4. The van der Waals surface area contributed by atoms with Gasteiger partial charge in [0.05, 0.1) is 16.6 Å². The van der Waals surface area contributed by atoms with Crippen LogP contribution in [0.5, 0.6) is 5.75 Å². The molecule has 0 saturated carbocycles. The van der Waals surface area contributed by atoms with Crippen molar-refractivity contribution in [3.8, 4) is 11.8 Å². The summed E-state index contributed by atoms with van der Waals surface area (Å²) in [5, 5.41) is 13.1. The summed E-state index contributed by atoms with van der Waals surface area (Å²) in [7, 11) is 0. The van der Waals surface area contributed by atoms with E-state index >= 15 is 0 Å². The molecule has 0 spiro atoms. The Morgan fingerprint density at radius 1 is 1.37 bits per heavy atom. The number of benzene rings is 1. The minimum absolute atomic E-state index is 0.0610. The van der Waals surface area contributed by atoms with Crippen molar-refractivity contribution >= 4 is 38.2 Å². The molecule has 0 bridgehead atoms. The maximum Gasteiger partial charge on any atom is 0.225 e. The van der Waals surface area contributed by atoms with Gasteiger partial charge in [0.25, 0.3) is 0 Å². The quantitative estimate of drug-likeness (QED) is 0.561. The molecule has 0 fully saturated rings. The number of hydrogen-bond donors (Lipinski definition) is 1. The molecule has 0 aliphatic heterocycles. The highest BCUT2D eigenvalue weighted by Crippen LogP contribution is 2.37. The summed E-state index contributed by atoms with van der Waals surface area (Å²) in [6.07, 6.45) is 6.23. The molecule has 0 atom stereocenters. The summed E-state index contributed by atoms with van der Waals surface area (Å²) in [6, 6.07) is 8.35. The third-order valence-corrected chi connectivity index (χ3v) is 6.57. The lowest BCUT2D eigenvalue weighted by Gasteiger charge is -2.10. The third-order valence-electron chi connectivity index (χ3n) is 4.75. The van der Waals surface area contributed by atoms with Crippen molar-refractivity contribution in [2.75, 3.05) is 11.9 Å². The molecule has 6 heteroatoms. The van der Waals surface area contributed by atoms with Gasteiger partial charge in [-0.25, -0.2) is 0 Å². The Bertz CT molecular complexity index is 870. The van der Waals surface area contributed by atoms with Crippen molar-refractivity contribution in [2.45, 2.75) is 51.9 Å². The number of nitrogens with zero attached hydrogens (tertiary/aromatic N) is 1. The van der Waals surface area contributed by atoms with Gasteiger partial charge in [-0.05, 0) is 77.7 Å². The molecule has 1 aliphatic rings. The fourth-order valence-electron chi connectivity index (χ4n) is 3.26. The molecule has 1 N–H and O–H groups in total. The number of anilines is 1. The van der Waals surface area contributed by atoms with Crippen molar-refractivity contribution in [3.63, 3.8) is 0 Å². The lowest BCUT2D eigenvalue weighted by atomic mass is 9.96. The van der Waals surface area contributed by atoms with Gasteiger partial charge in [-0.2, -0.15) is 5.26 Å². The lowest BCUT2D eigenvalue weighted by molar-refractivity contribution is -0.116. The van der Waals surface area contributed by atoms with Crippen LogP contribution in [-0.4, -0.2) is 12.5 Å². The average molecular weight is 447 g/mol. The Hall–Kier alpha value is -1.84. The first kappa shape index (κ1) is 19.9. The molecule has 1 heterocycles. The molecule has 0 saturated heterocycles. The highest BCUT2D eigenvalue weighted by molar-refractivity contribution is 9.10. The Balaban J connectivity index is 1.49. The van der Waals surface area contributed by atoms with Crippen molar-refractivity contribution in [1.29, 1.82) is 5.26 Å². The van der Waals surface area contributed by atoms with E-state index < -0.39 is 0 Å². The van der Waals surface area contributed by atoms with Gasteiger partial charge in [0.15, 0.2) is 0 Å². The van der Waals surface area contributed by atoms with Gasteiger partial charge >= 0.3 is 0 Å². The van der Waals surface area contributed by atoms with Gasteiger partial charge in [0, 0.05) is 11.3 Å². The number of carbonyl (C=O) groups is 1. The van der Waals surface area contributed by atoms with Crippen LogP contribution in [-0.2, 0) is 24.1 Å². The van der Waals surface area contributed by atoms with Crippen molar-refractivity contribution in [2.24, 2.45) is 0 Å². The fraction of sp³-hybridized carbons (Fsp3) is 0.429. The Labute approximate surface area is 172 Å². The first-order chi connectivity index (χ1) is 13.1. The van der Waals surface area contributed by atoms with Crippen molar-refractivity contribution in [3.05, 3.63) is 44.2 Å². The summed E-state index contributed by atoms with van der Waals surface area (Å²) in [5.41, 5.74) is 3.06. The molecule has 0 unspecified atom stereocenters. The first-order valence-corrected chi connectivity index (χ1v) is 11.0. The van der Waals surface area contributed by atoms with Crippen LogP contribution in [0.25, 0.3) is 0 Å². The van der Waals surface area contributed by atoms with Crippen LogP contribution in [0.1, 0.15) is 54.2 Å². The summed E-state index contributed by atoms with van der Waals surface area (Å²) in [5.74, 6) is 0.736.